The van der Waals surface area contributed by atoms with Gasteiger partial charge in [-0.1, -0.05) is 0 Å². The Kier molecular flexibility index (Phi) is 4.37. The number of benzene rings is 1. The number of amides is 1. The van der Waals surface area contributed by atoms with Crippen molar-refractivity contribution in [2.45, 2.75) is 25.9 Å². The van der Waals surface area contributed by atoms with Crippen LogP contribution >= 0.6 is 0 Å². The Bertz CT molecular complexity index is 457. The summed E-state index contributed by atoms with van der Waals surface area (Å²) in [5.41, 5.74) is 6.30. The molecule has 5 heteroatoms. The summed E-state index contributed by atoms with van der Waals surface area (Å²) in [4.78, 5) is 14.0. The summed E-state index contributed by atoms with van der Waals surface area (Å²) in [7, 11) is 0. The van der Waals surface area contributed by atoms with Gasteiger partial charge in [0.15, 0.2) is 0 Å². The maximum Gasteiger partial charge on any atom is 0.256 e. The molecule has 19 heavy (non-hydrogen) atoms. The molecule has 0 bridgehead atoms. The highest BCUT2D eigenvalue weighted by atomic mass is 19.1. The number of halogens is 1. The molecule has 1 amide bonds. The van der Waals surface area contributed by atoms with Crippen molar-refractivity contribution in [2.75, 3.05) is 25.4 Å². The summed E-state index contributed by atoms with van der Waals surface area (Å²) in [6.45, 7) is 3.90. The zero-order chi connectivity index (χ0) is 13.8. The van der Waals surface area contributed by atoms with Crippen LogP contribution in [0, 0.1) is 5.82 Å². The molecule has 2 N–H and O–H groups in total. The van der Waals surface area contributed by atoms with Crippen LogP contribution in [-0.2, 0) is 4.74 Å². The van der Waals surface area contributed by atoms with Crippen LogP contribution in [0.4, 0.5) is 10.1 Å². The van der Waals surface area contributed by atoms with E-state index >= 15 is 0 Å². The highest BCUT2D eigenvalue weighted by Crippen LogP contribution is 2.20. The number of nitrogen functional groups attached to an aromatic ring is 1. The number of carbonyl (C=O) groups is 1. The maximum absolute atomic E-state index is 13.2. The Labute approximate surface area is 112 Å². The Morgan fingerprint density at radius 3 is 2.79 bits per heavy atom. The van der Waals surface area contributed by atoms with Gasteiger partial charge in [-0.2, -0.15) is 0 Å². The molecule has 0 radical (unpaired) electrons. The molecule has 4 nitrogen and oxygen atoms in total. The third-order valence-corrected chi connectivity index (χ3v) is 3.38. The van der Waals surface area contributed by atoms with Crippen molar-refractivity contribution in [1.82, 2.24) is 4.90 Å². The predicted molar refractivity (Wildman–Crippen MR) is 71.4 cm³/mol. The summed E-state index contributed by atoms with van der Waals surface area (Å²) in [5, 5.41) is 0. The molecule has 0 unspecified atom stereocenters. The molecule has 1 aromatic rings. The topological polar surface area (TPSA) is 55.6 Å². The van der Waals surface area contributed by atoms with Gasteiger partial charge in [0.2, 0.25) is 0 Å². The lowest BCUT2D eigenvalue weighted by atomic mass is 10.1. The summed E-state index contributed by atoms with van der Waals surface area (Å²) in [6.07, 6.45) is 1.85. The van der Waals surface area contributed by atoms with Crippen LogP contribution in [0.2, 0.25) is 0 Å². The Hall–Kier alpha value is -1.62. The quantitative estimate of drug-likeness (QED) is 0.852. The largest absolute Gasteiger partial charge is 0.398 e. The number of piperidine rings is 1. The van der Waals surface area contributed by atoms with Gasteiger partial charge >= 0.3 is 0 Å². The molecule has 1 saturated heterocycles. The van der Waals surface area contributed by atoms with E-state index in [9.17, 15) is 9.18 Å². The fourth-order valence-corrected chi connectivity index (χ4v) is 2.35. The van der Waals surface area contributed by atoms with Gasteiger partial charge in [-0.05, 0) is 38.0 Å². The molecule has 1 aliphatic rings. The van der Waals surface area contributed by atoms with E-state index in [1.54, 1.807) is 4.90 Å². The van der Waals surface area contributed by atoms with E-state index in [2.05, 4.69) is 0 Å². The van der Waals surface area contributed by atoms with Crippen molar-refractivity contribution < 1.29 is 13.9 Å². The van der Waals surface area contributed by atoms with Crippen LogP contribution in [0.5, 0.6) is 0 Å². The third kappa shape index (κ3) is 3.23. The zero-order valence-corrected chi connectivity index (χ0v) is 11.1. The fourth-order valence-electron chi connectivity index (χ4n) is 2.35. The number of rotatable bonds is 3. The highest BCUT2D eigenvalue weighted by molar-refractivity contribution is 5.99. The third-order valence-electron chi connectivity index (χ3n) is 3.38. The van der Waals surface area contributed by atoms with E-state index in [1.165, 1.54) is 18.2 Å². The number of carbonyl (C=O) groups excluding carboxylic acids is 1. The fraction of sp³-hybridized carbons (Fsp3) is 0.500. The summed E-state index contributed by atoms with van der Waals surface area (Å²) in [6, 6.07) is 3.88. The molecule has 0 aliphatic carbocycles. The molecule has 1 fully saturated rings. The number of ether oxygens (including phenoxy) is 1. The first-order chi connectivity index (χ1) is 9.11. The molecule has 0 atom stereocenters. The number of hydrogen-bond acceptors (Lipinski definition) is 3. The van der Waals surface area contributed by atoms with Gasteiger partial charge in [0.05, 0.1) is 11.7 Å². The van der Waals surface area contributed by atoms with Crippen molar-refractivity contribution in [3.05, 3.63) is 29.6 Å². The van der Waals surface area contributed by atoms with Crippen molar-refractivity contribution >= 4 is 11.6 Å². The number of nitrogens with two attached hydrogens (primary N) is 1. The summed E-state index contributed by atoms with van der Waals surface area (Å²) in [5.74, 6) is -0.645. The van der Waals surface area contributed by atoms with Gasteiger partial charge in [0, 0.05) is 25.4 Å². The monoisotopic (exact) mass is 266 g/mol. The van der Waals surface area contributed by atoms with Gasteiger partial charge in [-0.3, -0.25) is 4.79 Å². The second-order valence-electron chi connectivity index (χ2n) is 4.68. The van der Waals surface area contributed by atoms with Gasteiger partial charge in [-0.15, -0.1) is 0 Å². The molecular formula is C14H19FN2O2. The van der Waals surface area contributed by atoms with Crippen LogP contribution in [0.1, 0.15) is 30.1 Å². The lowest BCUT2D eigenvalue weighted by Gasteiger charge is -2.32. The lowest BCUT2D eigenvalue weighted by molar-refractivity contribution is 0.0146. The number of likely N-dealkylation sites (tertiary alicyclic amines) is 1. The van der Waals surface area contributed by atoms with Crippen LogP contribution < -0.4 is 5.73 Å². The first-order valence-corrected chi connectivity index (χ1v) is 6.57. The Morgan fingerprint density at radius 2 is 2.16 bits per heavy atom. The number of hydrogen-bond donors (Lipinski definition) is 1. The normalized spacial score (nSPS) is 16.6. The van der Waals surface area contributed by atoms with Crippen LogP contribution in [0.15, 0.2) is 18.2 Å². The summed E-state index contributed by atoms with van der Waals surface area (Å²) >= 11 is 0. The SMILES string of the molecule is CCOC1CCN(C(=O)c2cc(F)ccc2N)CC1. The van der Waals surface area contributed by atoms with Crippen molar-refractivity contribution in [3.63, 3.8) is 0 Å². The predicted octanol–water partition coefficient (Wildman–Crippen LogP) is 2.05. The molecule has 104 valence electrons. The van der Waals surface area contributed by atoms with E-state index in [4.69, 9.17) is 10.5 Å². The minimum atomic E-state index is -0.443. The first kappa shape index (κ1) is 13.8. The van der Waals surface area contributed by atoms with Gasteiger partial charge < -0.3 is 15.4 Å². The van der Waals surface area contributed by atoms with Gasteiger partial charge in [-0.25, -0.2) is 4.39 Å². The molecule has 2 rings (SSSR count). The molecule has 1 aliphatic heterocycles. The van der Waals surface area contributed by atoms with Crippen LogP contribution in [-0.4, -0.2) is 36.6 Å². The average Bonchev–Trinajstić information content (AvgIpc) is 2.42. The van der Waals surface area contributed by atoms with Crippen LogP contribution in [0.25, 0.3) is 0 Å². The first-order valence-electron chi connectivity index (χ1n) is 6.57. The van der Waals surface area contributed by atoms with E-state index in [0.29, 0.717) is 25.4 Å². The molecule has 1 aromatic carbocycles. The van der Waals surface area contributed by atoms with E-state index < -0.39 is 5.82 Å². The van der Waals surface area contributed by atoms with E-state index in [1.807, 2.05) is 6.92 Å². The standard InChI is InChI=1S/C14H19FN2O2/c1-2-19-11-5-7-17(8-6-11)14(18)12-9-10(15)3-4-13(12)16/h3-4,9,11H,2,5-8,16H2,1H3. The zero-order valence-electron chi connectivity index (χ0n) is 11.1. The molecule has 1 heterocycles. The second kappa shape index (κ2) is 6.02. The van der Waals surface area contributed by atoms with E-state index in [0.717, 1.165) is 12.8 Å². The number of anilines is 1. The van der Waals surface area contributed by atoms with Gasteiger partial charge in [0.25, 0.3) is 5.91 Å². The minimum Gasteiger partial charge on any atom is -0.398 e. The molecular weight excluding hydrogens is 247 g/mol. The molecule has 0 spiro atoms. The molecule has 0 aromatic heterocycles. The molecule has 0 saturated carbocycles. The maximum atomic E-state index is 13.2. The highest BCUT2D eigenvalue weighted by Gasteiger charge is 2.25. The average molecular weight is 266 g/mol. The number of nitrogens with zero attached hydrogens (tertiary/aromatic N) is 1. The summed E-state index contributed by atoms with van der Waals surface area (Å²) < 4.78 is 18.7. The van der Waals surface area contributed by atoms with Gasteiger partial charge in [0.1, 0.15) is 5.82 Å². The second-order valence-corrected chi connectivity index (χ2v) is 4.68. The lowest BCUT2D eigenvalue weighted by Crippen LogP contribution is -2.41. The van der Waals surface area contributed by atoms with Crippen LogP contribution in [0.3, 0.4) is 0 Å². The van der Waals surface area contributed by atoms with Crippen molar-refractivity contribution in [2.24, 2.45) is 0 Å². The Balaban J connectivity index is 2.03. The Morgan fingerprint density at radius 1 is 1.47 bits per heavy atom. The van der Waals surface area contributed by atoms with Crippen molar-refractivity contribution in [3.8, 4) is 0 Å². The smallest absolute Gasteiger partial charge is 0.256 e. The minimum absolute atomic E-state index is 0.202. The van der Waals surface area contributed by atoms with Crippen molar-refractivity contribution in [1.29, 1.82) is 0 Å². The van der Waals surface area contributed by atoms with E-state index in [-0.39, 0.29) is 17.6 Å².